The van der Waals surface area contributed by atoms with Crippen molar-refractivity contribution < 1.29 is 26.7 Å². The van der Waals surface area contributed by atoms with Crippen LogP contribution >= 0.6 is 0 Å². The molecule has 3 N–H and O–H groups in total. The van der Waals surface area contributed by atoms with Gasteiger partial charge in [0.25, 0.3) is 5.91 Å². The number of alkyl halides is 2. The molecule has 24 heavy (non-hydrogen) atoms. The van der Waals surface area contributed by atoms with Crippen molar-refractivity contribution in [3.63, 3.8) is 0 Å². The molecule has 0 aromatic heterocycles. The summed E-state index contributed by atoms with van der Waals surface area (Å²) in [6, 6.07) is 9.60. The normalized spacial score (nSPS) is 11.4. The van der Waals surface area contributed by atoms with E-state index in [1.807, 2.05) is 0 Å². The smallest absolute Gasteiger partial charge is 0.387 e. The molecule has 0 saturated heterocycles. The van der Waals surface area contributed by atoms with Gasteiger partial charge in [-0.1, -0.05) is 18.2 Å². The Kier molecular flexibility index (Phi) is 5.15. The summed E-state index contributed by atoms with van der Waals surface area (Å²) in [5.74, 6) is -1.01. The van der Waals surface area contributed by atoms with E-state index in [2.05, 4.69) is 10.1 Å². The molecule has 6 nitrogen and oxygen atoms in total. The Morgan fingerprint density at radius 2 is 1.88 bits per heavy atom. The van der Waals surface area contributed by atoms with Gasteiger partial charge in [0.1, 0.15) is 5.75 Å². The summed E-state index contributed by atoms with van der Waals surface area (Å²) in [5, 5.41) is 7.53. The Morgan fingerprint density at radius 3 is 2.50 bits per heavy atom. The standard InChI is InChI=1S/C15H14F2N2O4S/c1-9-6-7-10(8-13(9)24(18,21)22)19-14(20)11-4-2-3-5-12(11)23-15(16)17/h2-8,15H,1H3,(H,19,20)(H2,18,21,22). The number of ether oxygens (including phenoxy) is 1. The van der Waals surface area contributed by atoms with Crippen molar-refractivity contribution in [3.8, 4) is 5.75 Å². The minimum absolute atomic E-state index is 0.115. The molecule has 0 unspecified atom stereocenters. The Hall–Kier alpha value is -2.52. The number of aryl methyl sites for hydroxylation is 1. The number of carbonyl (C=O) groups excluding carboxylic acids is 1. The van der Waals surface area contributed by atoms with Crippen molar-refractivity contribution in [2.75, 3.05) is 5.32 Å². The van der Waals surface area contributed by atoms with Gasteiger partial charge in [-0.15, -0.1) is 0 Å². The van der Waals surface area contributed by atoms with Crippen LogP contribution in [0.3, 0.4) is 0 Å². The number of primary sulfonamides is 1. The summed E-state index contributed by atoms with van der Waals surface area (Å²) in [4.78, 5) is 12.1. The molecule has 0 atom stereocenters. The topological polar surface area (TPSA) is 98.5 Å². The summed E-state index contributed by atoms with van der Waals surface area (Å²) in [6.45, 7) is -1.52. The first kappa shape index (κ1) is 17.8. The molecule has 2 aromatic rings. The van der Waals surface area contributed by atoms with Crippen molar-refractivity contribution in [3.05, 3.63) is 53.6 Å². The zero-order valence-corrected chi connectivity index (χ0v) is 13.3. The Bertz CT molecular complexity index is 870. The van der Waals surface area contributed by atoms with Gasteiger partial charge >= 0.3 is 6.61 Å². The maximum absolute atomic E-state index is 12.4. The highest BCUT2D eigenvalue weighted by Gasteiger charge is 2.17. The van der Waals surface area contributed by atoms with Gasteiger partial charge in [-0.25, -0.2) is 13.6 Å². The van der Waals surface area contributed by atoms with Crippen molar-refractivity contribution in [1.82, 2.24) is 0 Å². The summed E-state index contributed by atoms with van der Waals surface area (Å²) >= 11 is 0. The maximum atomic E-state index is 12.4. The van der Waals surface area contributed by atoms with E-state index in [4.69, 9.17) is 5.14 Å². The van der Waals surface area contributed by atoms with E-state index in [9.17, 15) is 22.0 Å². The van der Waals surface area contributed by atoms with Crippen molar-refractivity contribution in [1.29, 1.82) is 0 Å². The molecule has 0 heterocycles. The van der Waals surface area contributed by atoms with Gasteiger partial charge in [0.2, 0.25) is 10.0 Å². The number of sulfonamides is 1. The molecule has 0 bridgehead atoms. The molecule has 0 spiro atoms. The molecule has 128 valence electrons. The lowest BCUT2D eigenvalue weighted by molar-refractivity contribution is -0.0501. The van der Waals surface area contributed by atoms with Gasteiger partial charge in [0.15, 0.2) is 0 Å². The van der Waals surface area contributed by atoms with Crippen LogP contribution in [0, 0.1) is 6.92 Å². The number of halogens is 2. The highest BCUT2D eigenvalue weighted by Crippen LogP contribution is 2.23. The fourth-order valence-corrected chi connectivity index (χ4v) is 2.84. The number of anilines is 1. The number of benzene rings is 2. The van der Waals surface area contributed by atoms with E-state index in [1.165, 1.54) is 42.5 Å². The molecule has 2 aromatic carbocycles. The molecule has 0 aliphatic rings. The van der Waals surface area contributed by atoms with Crippen LogP contribution in [0.1, 0.15) is 15.9 Å². The number of amides is 1. The lowest BCUT2D eigenvalue weighted by Gasteiger charge is -2.12. The number of para-hydroxylation sites is 1. The number of nitrogens with two attached hydrogens (primary N) is 1. The number of rotatable bonds is 5. The SMILES string of the molecule is Cc1ccc(NC(=O)c2ccccc2OC(F)F)cc1S(N)(=O)=O. The van der Waals surface area contributed by atoms with Crippen molar-refractivity contribution in [2.24, 2.45) is 5.14 Å². The number of nitrogens with one attached hydrogen (secondary N) is 1. The number of carbonyl (C=O) groups is 1. The summed E-state index contributed by atoms with van der Waals surface area (Å²) in [6.07, 6.45) is 0. The number of hydrogen-bond acceptors (Lipinski definition) is 4. The second-order valence-corrected chi connectivity index (χ2v) is 6.38. The molecule has 0 saturated carbocycles. The second-order valence-electron chi connectivity index (χ2n) is 4.85. The van der Waals surface area contributed by atoms with Gasteiger partial charge in [-0.3, -0.25) is 4.79 Å². The average molecular weight is 356 g/mol. The summed E-state index contributed by atoms with van der Waals surface area (Å²) < 4.78 is 52.1. The third kappa shape index (κ3) is 4.27. The second kappa shape index (κ2) is 6.93. The molecule has 0 radical (unpaired) electrons. The van der Waals surface area contributed by atoms with E-state index >= 15 is 0 Å². The molecular weight excluding hydrogens is 342 g/mol. The average Bonchev–Trinajstić information content (AvgIpc) is 2.48. The molecule has 0 fully saturated rings. The molecule has 2 rings (SSSR count). The molecule has 0 aliphatic heterocycles. The Morgan fingerprint density at radius 1 is 1.21 bits per heavy atom. The van der Waals surface area contributed by atoms with Crippen LogP contribution in [-0.2, 0) is 10.0 Å². The van der Waals surface area contributed by atoms with Gasteiger partial charge in [0.05, 0.1) is 10.5 Å². The molecular formula is C15H14F2N2O4S. The minimum atomic E-state index is -3.96. The fraction of sp³-hybridized carbons (Fsp3) is 0.133. The van der Waals surface area contributed by atoms with Crippen LogP contribution in [0.4, 0.5) is 14.5 Å². The lowest BCUT2D eigenvalue weighted by atomic mass is 10.1. The van der Waals surface area contributed by atoms with Gasteiger partial charge < -0.3 is 10.1 Å². The van der Waals surface area contributed by atoms with Crippen LogP contribution in [0.15, 0.2) is 47.4 Å². The van der Waals surface area contributed by atoms with Crippen LogP contribution < -0.4 is 15.2 Å². The summed E-state index contributed by atoms with van der Waals surface area (Å²) in [5.41, 5.74) is 0.453. The lowest BCUT2D eigenvalue weighted by Crippen LogP contribution is -2.17. The Balaban J connectivity index is 2.31. The van der Waals surface area contributed by atoms with E-state index < -0.39 is 22.5 Å². The van der Waals surface area contributed by atoms with E-state index in [-0.39, 0.29) is 21.9 Å². The zero-order chi connectivity index (χ0) is 17.9. The molecule has 1 amide bonds. The van der Waals surface area contributed by atoms with Gasteiger partial charge in [0, 0.05) is 5.69 Å². The summed E-state index contributed by atoms with van der Waals surface area (Å²) in [7, 11) is -3.96. The molecule has 0 aliphatic carbocycles. The van der Waals surface area contributed by atoms with Crippen LogP contribution in [0.5, 0.6) is 5.75 Å². The van der Waals surface area contributed by atoms with E-state index in [0.29, 0.717) is 5.56 Å². The zero-order valence-electron chi connectivity index (χ0n) is 12.5. The van der Waals surface area contributed by atoms with Crippen molar-refractivity contribution >= 4 is 21.6 Å². The largest absolute Gasteiger partial charge is 0.434 e. The monoisotopic (exact) mass is 356 g/mol. The minimum Gasteiger partial charge on any atom is -0.434 e. The van der Waals surface area contributed by atoms with Crippen LogP contribution in [-0.4, -0.2) is 20.9 Å². The van der Waals surface area contributed by atoms with E-state index in [1.54, 1.807) is 6.92 Å². The maximum Gasteiger partial charge on any atom is 0.387 e. The molecule has 9 heteroatoms. The van der Waals surface area contributed by atoms with E-state index in [0.717, 1.165) is 0 Å². The van der Waals surface area contributed by atoms with Gasteiger partial charge in [-0.05, 0) is 36.8 Å². The number of hydrogen-bond donors (Lipinski definition) is 2. The predicted molar refractivity (Wildman–Crippen MR) is 83.6 cm³/mol. The quantitative estimate of drug-likeness (QED) is 0.860. The van der Waals surface area contributed by atoms with Crippen LogP contribution in [0.2, 0.25) is 0 Å². The third-order valence-corrected chi connectivity index (χ3v) is 4.15. The first-order chi connectivity index (χ1) is 11.2. The fourth-order valence-electron chi connectivity index (χ4n) is 2.04. The Labute approximate surface area is 137 Å². The first-order valence-electron chi connectivity index (χ1n) is 6.67. The third-order valence-electron chi connectivity index (χ3n) is 3.10. The highest BCUT2D eigenvalue weighted by molar-refractivity contribution is 7.89. The first-order valence-corrected chi connectivity index (χ1v) is 8.22. The van der Waals surface area contributed by atoms with Crippen molar-refractivity contribution in [2.45, 2.75) is 18.4 Å². The predicted octanol–water partition coefficient (Wildman–Crippen LogP) is 2.50. The van der Waals surface area contributed by atoms with Gasteiger partial charge in [-0.2, -0.15) is 8.78 Å². The highest BCUT2D eigenvalue weighted by atomic mass is 32.2. The van der Waals surface area contributed by atoms with Crippen LogP contribution in [0.25, 0.3) is 0 Å².